The third-order valence-electron chi connectivity index (χ3n) is 3.57. The van der Waals surface area contributed by atoms with Gasteiger partial charge in [-0.15, -0.1) is 0 Å². The van der Waals surface area contributed by atoms with E-state index in [4.69, 9.17) is 16.7 Å². The lowest BCUT2D eigenvalue weighted by Gasteiger charge is -2.14. The molecule has 23 heavy (non-hydrogen) atoms. The Morgan fingerprint density at radius 2 is 2.13 bits per heavy atom. The summed E-state index contributed by atoms with van der Waals surface area (Å²) >= 11 is 6.05. The molecule has 0 fully saturated rings. The number of benzene rings is 1. The second kappa shape index (κ2) is 7.62. The highest BCUT2D eigenvalue weighted by Gasteiger charge is 2.21. The molecule has 1 aromatic carbocycles. The van der Waals surface area contributed by atoms with Gasteiger partial charge < -0.3 is 10.4 Å². The van der Waals surface area contributed by atoms with Gasteiger partial charge in [-0.3, -0.25) is 4.79 Å². The average molecular weight is 336 g/mol. The fourth-order valence-corrected chi connectivity index (χ4v) is 2.51. The molecule has 0 saturated carbocycles. The van der Waals surface area contributed by atoms with Crippen molar-refractivity contribution in [2.45, 2.75) is 26.7 Å². The zero-order valence-electron chi connectivity index (χ0n) is 13.6. The number of hydrogen-bond acceptors (Lipinski definition) is 3. The first kappa shape index (κ1) is 17.5. The normalized spacial score (nSPS) is 12.4. The van der Waals surface area contributed by atoms with E-state index in [9.17, 15) is 4.79 Å². The van der Waals surface area contributed by atoms with Gasteiger partial charge in [0.2, 0.25) is 0 Å². The average Bonchev–Trinajstić information content (AvgIpc) is 2.97. The van der Waals surface area contributed by atoms with E-state index < -0.39 is 0 Å². The number of nitrogens with zero attached hydrogens (tertiary/aromatic N) is 2. The lowest BCUT2D eigenvalue weighted by Crippen LogP contribution is -2.30. The number of rotatable bonds is 6. The minimum Gasteiger partial charge on any atom is -0.396 e. The third-order valence-corrected chi connectivity index (χ3v) is 3.81. The van der Waals surface area contributed by atoms with Crippen LogP contribution in [0.3, 0.4) is 0 Å². The summed E-state index contributed by atoms with van der Waals surface area (Å²) in [5, 5.41) is 16.9. The van der Waals surface area contributed by atoms with Gasteiger partial charge in [-0.1, -0.05) is 38.4 Å². The maximum absolute atomic E-state index is 12.4. The van der Waals surface area contributed by atoms with Crippen LogP contribution >= 0.6 is 11.6 Å². The Morgan fingerprint density at radius 1 is 1.39 bits per heavy atom. The second-order valence-electron chi connectivity index (χ2n) is 5.99. The maximum Gasteiger partial charge on any atom is 0.254 e. The summed E-state index contributed by atoms with van der Waals surface area (Å²) in [4.78, 5) is 12.4. The molecule has 0 aliphatic rings. The van der Waals surface area contributed by atoms with Crippen molar-refractivity contribution in [1.82, 2.24) is 15.1 Å². The standard InChI is InChI=1S/C17H22ClN3O2/c1-11(2)16-15(17(23)19-8-12(3)10-22)9-20-21(16)14-6-4-5-13(18)7-14/h4-7,9,11-12,22H,8,10H2,1-3H3,(H,19,23). The molecule has 5 nitrogen and oxygen atoms in total. The van der Waals surface area contributed by atoms with Crippen LogP contribution in [0.4, 0.5) is 0 Å². The van der Waals surface area contributed by atoms with Crippen molar-refractivity contribution in [2.75, 3.05) is 13.2 Å². The topological polar surface area (TPSA) is 67.2 Å². The minimum atomic E-state index is -0.178. The number of halogens is 1. The van der Waals surface area contributed by atoms with Gasteiger partial charge in [0.05, 0.1) is 23.1 Å². The van der Waals surface area contributed by atoms with Crippen molar-refractivity contribution in [1.29, 1.82) is 0 Å². The van der Waals surface area contributed by atoms with Crippen molar-refractivity contribution in [2.24, 2.45) is 5.92 Å². The highest BCUT2D eigenvalue weighted by atomic mass is 35.5. The third kappa shape index (κ3) is 4.12. The first-order chi connectivity index (χ1) is 10.9. The summed E-state index contributed by atoms with van der Waals surface area (Å²) in [6.07, 6.45) is 1.58. The summed E-state index contributed by atoms with van der Waals surface area (Å²) in [6, 6.07) is 7.37. The van der Waals surface area contributed by atoms with Crippen LogP contribution < -0.4 is 5.32 Å². The number of nitrogens with one attached hydrogen (secondary N) is 1. The van der Waals surface area contributed by atoms with E-state index in [0.29, 0.717) is 17.1 Å². The molecular formula is C17H22ClN3O2. The lowest BCUT2D eigenvalue weighted by molar-refractivity contribution is 0.0941. The van der Waals surface area contributed by atoms with E-state index in [-0.39, 0.29) is 24.3 Å². The number of aliphatic hydroxyl groups is 1. The van der Waals surface area contributed by atoms with Gasteiger partial charge in [-0.2, -0.15) is 5.10 Å². The quantitative estimate of drug-likeness (QED) is 0.852. The van der Waals surface area contributed by atoms with Crippen LogP contribution in [0.1, 0.15) is 42.7 Å². The highest BCUT2D eigenvalue weighted by molar-refractivity contribution is 6.30. The SMILES string of the molecule is CC(CO)CNC(=O)c1cnn(-c2cccc(Cl)c2)c1C(C)C. The maximum atomic E-state index is 12.4. The van der Waals surface area contributed by atoms with Gasteiger partial charge >= 0.3 is 0 Å². The molecule has 0 aliphatic carbocycles. The van der Waals surface area contributed by atoms with Crippen molar-refractivity contribution in [3.05, 3.63) is 46.7 Å². The van der Waals surface area contributed by atoms with E-state index >= 15 is 0 Å². The fraction of sp³-hybridized carbons (Fsp3) is 0.412. The fourth-order valence-electron chi connectivity index (χ4n) is 2.33. The second-order valence-corrected chi connectivity index (χ2v) is 6.42. The van der Waals surface area contributed by atoms with Crippen LogP contribution in [-0.2, 0) is 0 Å². The van der Waals surface area contributed by atoms with Crippen LogP contribution in [-0.4, -0.2) is 33.9 Å². The molecule has 6 heteroatoms. The zero-order chi connectivity index (χ0) is 17.0. The van der Waals surface area contributed by atoms with Gasteiger partial charge in [-0.25, -0.2) is 4.68 Å². The summed E-state index contributed by atoms with van der Waals surface area (Å²) in [5.41, 5.74) is 2.20. The molecule has 0 aliphatic heterocycles. The lowest BCUT2D eigenvalue weighted by atomic mass is 10.0. The Bertz CT molecular complexity index is 682. The van der Waals surface area contributed by atoms with E-state index in [1.807, 2.05) is 39.0 Å². The van der Waals surface area contributed by atoms with E-state index in [1.54, 1.807) is 16.9 Å². The molecule has 1 amide bonds. The van der Waals surface area contributed by atoms with Crippen LogP contribution in [0.2, 0.25) is 5.02 Å². The monoisotopic (exact) mass is 335 g/mol. The van der Waals surface area contributed by atoms with Gasteiger partial charge in [0.15, 0.2) is 0 Å². The molecular weight excluding hydrogens is 314 g/mol. The number of carbonyl (C=O) groups is 1. The van der Waals surface area contributed by atoms with E-state index in [0.717, 1.165) is 11.4 Å². The Kier molecular flexibility index (Phi) is 5.80. The summed E-state index contributed by atoms with van der Waals surface area (Å²) in [6.45, 7) is 6.38. The molecule has 1 unspecified atom stereocenters. The summed E-state index contributed by atoms with van der Waals surface area (Å²) < 4.78 is 1.75. The van der Waals surface area contributed by atoms with Crippen molar-refractivity contribution in [3.63, 3.8) is 0 Å². The predicted molar refractivity (Wildman–Crippen MR) is 91.2 cm³/mol. The largest absolute Gasteiger partial charge is 0.396 e. The number of amides is 1. The zero-order valence-corrected chi connectivity index (χ0v) is 14.3. The van der Waals surface area contributed by atoms with Crippen molar-refractivity contribution < 1.29 is 9.90 Å². The van der Waals surface area contributed by atoms with Crippen LogP contribution in [0, 0.1) is 5.92 Å². The Balaban J connectivity index is 2.33. The Hall–Kier alpha value is -1.85. The van der Waals surface area contributed by atoms with Crippen LogP contribution in [0.25, 0.3) is 5.69 Å². The first-order valence-electron chi connectivity index (χ1n) is 7.67. The van der Waals surface area contributed by atoms with Crippen molar-refractivity contribution >= 4 is 17.5 Å². The molecule has 1 aromatic heterocycles. The van der Waals surface area contributed by atoms with Gasteiger partial charge in [0.1, 0.15) is 0 Å². The number of hydrogen-bond donors (Lipinski definition) is 2. The number of aromatic nitrogens is 2. The molecule has 1 atom stereocenters. The Labute approximate surface area is 141 Å². The molecule has 1 heterocycles. The first-order valence-corrected chi connectivity index (χ1v) is 8.04. The molecule has 0 radical (unpaired) electrons. The van der Waals surface area contributed by atoms with Gasteiger partial charge in [0, 0.05) is 18.2 Å². The van der Waals surface area contributed by atoms with Gasteiger partial charge in [-0.05, 0) is 30.0 Å². The number of aliphatic hydroxyl groups excluding tert-OH is 1. The molecule has 2 N–H and O–H groups in total. The van der Waals surface area contributed by atoms with Crippen LogP contribution in [0.15, 0.2) is 30.5 Å². The number of carbonyl (C=O) groups excluding carboxylic acids is 1. The minimum absolute atomic E-state index is 0.0180. The molecule has 0 spiro atoms. The van der Waals surface area contributed by atoms with Crippen molar-refractivity contribution in [3.8, 4) is 5.69 Å². The predicted octanol–water partition coefficient (Wildman–Crippen LogP) is 3.01. The molecule has 0 bridgehead atoms. The Morgan fingerprint density at radius 3 is 2.74 bits per heavy atom. The summed E-state index contributed by atoms with van der Waals surface area (Å²) in [5.74, 6) is -0.0424. The molecule has 2 aromatic rings. The van der Waals surface area contributed by atoms with Gasteiger partial charge in [0.25, 0.3) is 5.91 Å². The highest BCUT2D eigenvalue weighted by Crippen LogP contribution is 2.24. The molecule has 2 rings (SSSR count). The van der Waals surface area contributed by atoms with E-state index in [1.165, 1.54) is 0 Å². The van der Waals surface area contributed by atoms with E-state index in [2.05, 4.69) is 10.4 Å². The smallest absolute Gasteiger partial charge is 0.254 e. The van der Waals surface area contributed by atoms with Crippen LogP contribution in [0.5, 0.6) is 0 Å². The molecule has 124 valence electrons. The molecule has 0 saturated heterocycles. The summed E-state index contributed by atoms with van der Waals surface area (Å²) in [7, 11) is 0.